The molecule has 1 rings (SSSR count). The van der Waals surface area contributed by atoms with Crippen LogP contribution in [0.25, 0.3) is 0 Å². The third-order valence-corrected chi connectivity index (χ3v) is 7.59. The predicted molar refractivity (Wildman–Crippen MR) is 119 cm³/mol. The Hall–Kier alpha value is -1.26. The monoisotopic (exact) mass is 594 g/mol. The molecule has 0 aliphatic carbocycles. The van der Waals surface area contributed by atoms with Gasteiger partial charge in [-0.25, -0.2) is 0 Å². The van der Waals surface area contributed by atoms with Gasteiger partial charge in [-0.3, -0.25) is 27.4 Å². The SMILES string of the molecule is CC1CCCO1.CCCOS(=O)(=O)CS(=O)(=O)O.O=C(CCS(=O)(=O)O)OC(=O)CCS(=O)(=O)O. The van der Waals surface area contributed by atoms with Gasteiger partial charge in [0.05, 0.1) is 37.1 Å². The van der Waals surface area contributed by atoms with Crippen LogP contribution in [0.4, 0.5) is 0 Å². The molecule has 0 saturated carbocycles. The Labute approximate surface area is 204 Å². The van der Waals surface area contributed by atoms with Crippen molar-refractivity contribution in [1.29, 1.82) is 0 Å². The van der Waals surface area contributed by atoms with Crippen LogP contribution in [0.3, 0.4) is 0 Å². The normalized spacial score (nSPS) is 16.3. The van der Waals surface area contributed by atoms with Gasteiger partial charge in [0.25, 0.3) is 40.5 Å². The van der Waals surface area contributed by atoms with Crippen molar-refractivity contribution in [3.8, 4) is 0 Å². The first-order chi connectivity index (χ1) is 15.7. The van der Waals surface area contributed by atoms with E-state index in [0.717, 1.165) is 6.61 Å². The molecule has 1 fully saturated rings. The van der Waals surface area contributed by atoms with Crippen LogP contribution in [-0.2, 0) is 63.7 Å². The van der Waals surface area contributed by atoms with Crippen molar-refractivity contribution in [3.63, 3.8) is 0 Å². The van der Waals surface area contributed by atoms with Crippen molar-refractivity contribution in [2.45, 2.75) is 52.1 Å². The molecule has 210 valence electrons. The molecule has 1 unspecified atom stereocenters. The van der Waals surface area contributed by atoms with E-state index in [2.05, 4.69) is 15.8 Å². The van der Waals surface area contributed by atoms with Crippen molar-refractivity contribution in [2.75, 3.05) is 29.8 Å². The van der Waals surface area contributed by atoms with Crippen LogP contribution >= 0.6 is 0 Å². The minimum atomic E-state index is -4.53. The fourth-order valence-corrected chi connectivity index (χ4v) is 4.82. The lowest BCUT2D eigenvalue weighted by molar-refractivity contribution is -0.159. The van der Waals surface area contributed by atoms with Gasteiger partial charge in [0.2, 0.25) is 5.08 Å². The first-order valence-corrected chi connectivity index (χ1v) is 16.1. The van der Waals surface area contributed by atoms with Crippen molar-refractivity contribution in [1.82, 2.24) is 0 Å². The number of ether oxygens (including phenoxy) is 2. The summed E-state index contributed by atoms with van der Waals surface area (Å²) in [5.74, 6) is -4.25. The van der Waals surface area contributed by atoms with E-state index < -0.39 is 81.8 Å². The summed E-state index contributed by atoms with van der Waals surface area (Å²) in [5, 5.41) is -1.39. The average molecular weight is 595 g/mol. The fourth-order valence-electron chi connectivity index (χ4n) is 1.82. The van der Waals surface area contributed by atoms with E-state index in [1.54, 1.807) is 6.92 Å². The van der Waals surface area contributed by atoms with Crippen LogP contribution in [0.1, 0.15) is 46.0 Å². The Balaban J connectivity index is 0. The van der Waals surface area contributed by atoms with Gasteiger partial charge in [-0.05, 0) is 26.2 Å². The van der Waals surface area contributed by atoms with E-state index in [4.69, 9.17) is 18.4 Å². The third kappa shape index (κ3) is 28.9. The fraction of sp³-hybridized carbons (Fsp3) is 0.867. The van der Waals surface area contributed by atoms with Crippen LogP contribution in [0.2, 0.25) is 0 Å². The number of carbonyl (C=O) groups is 2. The summed E-state index contributed by atoms with van der Waals surface area (Å²) >= 11 is 0. The third-order valence-electron chi connectivity index (χ3n) is 3.27. The van der Waals surface area contributed by atoms with Gasteiger partial charge in [-0.15, -0.1) is 0 Å². The van der Waals surface area contributed by atoms with E-state index in [1.807, 2.05) is 0 Å². The van der Waals surface area contributed by atoms with Gasteiger partial charge >= 0.3 is 11.9 Å². The van der Waals surface area contributed by atoms with Crippen LogP contribution in [0.5, 0.6) is 0 Å². The lowest BCUT2D eigenvalue weighted by Crippen LogP contribution is -2.18. The highest BCUT2D eigenvalue weighted by Gasteiger charge is 2.20. The lowest BCUT2D eigenvalue weighted by Gasteiger charge is -2.01. The van der Waals surface area contributed by atoms with Gasteiger partial charge in [-0.2, -0.15) is 33.7 Å². The second-order valence-electron chi connectivity index (χ2n) is 6.82. The van der Waals surface area contributed by atoms with Crippen molar-refractivity contribution >= 4 is 52.4 Å². The average Bonchev–Trinajstić information content (AvgIpc) is 3.12. The summed E-state index contributed by atoms with van der Waals surface area (Å²) in [5.41, 5.74) is 0. The number of carbonyl (C=O) groups excluding carboxylic acids is 2. The topological polar surface area (TPSA) is 259 Å². The Bertz CT molecular complexity index is 1020. The van der Waals surface area contributed by atoms with Crippen LogP contribution < -0.4 is 0 Å². The Morgan fingerprint density at radius 2 is 1.31 bits per heavy atom. The smallest absolute Gasteiger partial charge is 0.314 e. The highest BCUT2D eigenvalue weighted by atomic mass is 32.3. The predicted octanol–water partition coefficient (Wildman–Crippen LogP) is -0.615. The Kier molecular flexibility index (Phi) is 16.9. The Morgan fingerprint density at radius 3 is 1.57 bits per heavy atom. The second kappa shape index (κ2) is 16.5. The number of hydrogen-bond donors (Lipinski definition) is 3. The van der Waals surface area contributed by atoms with E-state index in [9.17, 15) is 43.3 Å². The molecule has 0 aromatic rings. The number of rotatable bonds is 11. The molecule has 1 saturated heterocycles. The minimum absolute atomic E-state index is 0.0855. The standard InChI is InChI=1S/C6H10O9S2.C5H10O.C4H10O6S2/c7-5(1-3-16(9,10)11)15-6(8)2-4-17(12,13)14;1-5-3-2-4-6-5;1-2-3-10-12(8,9)4-11(5,6)7/h1-4H2,(H,9,10,11)(H,12,13,14);5H,2-4H2,1H3;2-4H2,1H3,(H,5,6,7). The maximum absolute atomic E-state index is 10.8. The maximum Gasteiger partial charge on any atom is 0.314 e. The molecule has 16 nitrogen and oxygen atoms in total. The summed E-state index contributed by atoms with van der Waals surface area (Å²) in [7, 11) is -17.3. The van der Waals surface area contributed by atoms with Crippen LogP contribution in [0, 0.1) is 0 Å². The van der Waals surface area contributed by atoms with E-state index >= 15 is 0 Å². The molecule has 1 aliphatic rings. The van der Waals surface area contributed by atoms with E-state index in [1.165, 1.54) is 12.8 Å². The van der Waals surface area contributed by atoms with Gasteiger partial charge in [-0.1, -0.05) is 6.92 Å². The quantitative estimate of drug-likeness (QED) is 0.116. The van der Waals surface area contributed by atoms with E-state index in [-0.39, 0.29) is 6.61 Å². The van der Waals surface area contributed by atoms with Gasteiger partial charge in [0.1, 0.15) is 0 Å². The summed E-state index contributed by atoms with van der Waals surface area (Å²) < 4.78 is 120. The molecule has 3 N–H and O–H groups in total. The molecular formula is C15H30O16S4. The summed E-state index contributed by atoms with van der Waals surface area (Å²) in [6.45, 7) is 4.69. The van der Waals surface area contributed by atoms with Crippen LogP contribution in [0.15, 0.2) is 0 Å². The molecule has 1 heterocycles. The zero-order valence-electron chi connectivity index (χ0n) is 18.9. The van der Waals surface area contributed by atoms with Crippen LogP contribution in [-0.4, -0.2) is 95.2 Å². The molecule has 20 heteroatoms. The molecule has 0 amide bonds. The zero-order chi connectivity index (χ0) is 27.9. The first-order valence-electron chi connectivity index (χ1n) is 9.73. The highest BCUT2D eigenvalue weighted by molar-refractivity contribution is 8.03. The minimum Gasteiger partial charge on any atom is -0.393 e. The summed E-state index contributed by atoms with van der Waals surface area (Å²) in [6, 6.07) is 0. The van der Waals surface area contributed by atoms with Crippen molar-refractivity contribution in [3.05, 3.63) is 0 Å². The lowest BCUT2D eigenvalue weighted by atomic mass is 10.3. The summed E-state index contributed by atoms with van der Waals surface area (Å²) in [6.07, 6.45) is 2.05. The van der Waals surface area contributed by atoms with Gasteiger partial charge in [0, 0.05) is 6.61 Å². The second-order valence-corrected chi connectivity index (χ2v) is 13.4. The molecular weight excluding hydrogens is 564 g/mol. The maximum atomic E-state index is 10.8. The molecule has 0 aromatic heterocycles. The largest absolute Gasteiger partial charge is 0.393 e. The number of hydrogen-bond acceptors (Lipinski definition) is 13. The van der Waals surface area contributed by atoms with Gasteiger partial charge < -0.3 is 9.47 Å². The molecule has 35 heavy (non-hydrogen) atoms. The zero-order valence-corrected chi connectivity index (χ0v) is 22.2. The van der Waals surface area contributed by atoms with Gasteiger partial charge in [0.15, 0.2) is 0 Å². The van der Waals surface area contributed by atoms with Crippen molar-refractivity contribution < 1.29 is 70.6 Å². The van der Waals surface area contributed by atoms with Crippen molar-refractivity contribution in [2.24, 2.45) is 0 Å². The molecule has 0 radical (unpaired) electrons. The molecule has 0 bridgehead atoms. The molecule has 0 spiro atoms. The molecule has 1 atom stereocenters. The molecule has 1 aliphatic heterocycles. The first kappa shape index (κ1) is 35.9. The Morgan fingerprint density at radius 1 is 0.857 bits per heavy atom. The van der Waals surface area contributed by atoms with E-state index in [0.29, 0.717) is 12.5 Å². The molecule has 0 aromatic carbocycles. The summed E-state index contributed by atoms with van der Waals surface area (Å²) in [4.78, 5) is 21.6. The number of esters is 2. The highest BCUT2D eigenvalue weighted by Crippen LogP contribution is 2.09.